The van der Waals surface area contributed by atoms with Crippen LogP contribution in [0.4, 0.5) is 10.5 Å². The van der Waals surface area contributed by atoms with Crippen LogP contribution in [0.15, 0.2) is 54.6 Å². The fourth-order valence-corrected chi connectivity index (χ4v) is 2.76. The van der Waals surface area contributed by atoms with Crippen molar-refractivity contribution in [1.29, 1.82) is 0 Å². The number of ether oxygens (including phenoxy) is 1. The van der Waals surface area contributed by atoms with Crippen molar-refractivity contribution in [3.05, 3.63) is 60.2 Å². The highest BCUT2D eigenvalue weighted by Crippen LogP contribution is 2.33. The van der Waals surface area contributed by atoms with Gasteiger partial charge in [-0.05, 0) is 30.5 Å². The molecular weight excluding hydrogens is 288 g/mol. The largest absolute Gasteiger partial charge is 0.486 e. The number of carbonyl (C=O) groups excluding carboxylic acids is 1. The Kier molecular flexibility index (Phi) is 4.81. The minimum atomic E-state index is -0.0601. The first kappa shape index (κ1) is 15.4. The lowest BCUT2D eigenvalue weighted by Gasteiger charge is -2.34. The Morgan fingerprint density at radius 1 is 1.17 bits per heavy atom. The Hall–Kier alpha value is -2.49. The maximum atomic E-state index is 12.6. The zero-order chi connectivity index (χ0) is 16.1. The van der Waals surface area contributed by atoms with Crippen molar-refractivity contribution >= 4 is 11.7 Å². The second-order valence-corrected chi connectivity index (χ2v) is 5.69. The van der Waals surface area contributed by atoms with Gasteiger partial charge in [-0.2, -0.15) is 0 Å². The van der Waals surface area contributed by atoms with E-state index >= 15 is 0 Å². The third-order valence-electron chi connectivity index (χ3n) is 4.07. The van der Waals surface area contributed by atoms with E-state index in [0.29, 0.717) is 13.1 Å². The van der Waals surface area contributed by atoms with E-state index in [1.165, 1.54) is 5.56 Å². The van der Waals surface area contributed by atoms with Crippen LogP contribution in [0.3, 0.4) is 0 Å². The zero-order valence-corrected chi connectivity index (χ0v) is 13.4. The minimum absolute atomic E-state index is 0.0461. The first-order valence-electron chi connectivity index (χ1n) is 8.13. The van der Waals surface area contributed by atoms with Gasteiger partial charge in [0.2, 0.25) is 0 Å². The van der Waals surface area contributed by atoms with E-state index in [9.17, 15) is 4.79 Å². The molecule has 23 heavy (non-hydrogen) atoms. The van der Waals surface area contributed by atoms with E-state index in [0.717, 1.165) is 24.3 Å². The summed E-state index contributed by atoms with van der Waals surface area (Å²) in [4.78, 5) is 14.4. The molecule has 2 amide bonds. The fourth-order valence-electron chi connectivity index (χ4n) is 2.76. The van der Waals surface area contributed by atoms with Gasteiger partial charge in [0.05, 0.1) is 12.2 Å². The predicted molar refractivity (Wildman–Crippen MR) is 92.0 cm³/mol. The van der Waals surface area contributed by atoms with Crippen molar-refractivity contribution in [1.82, 2.24) is 5.32 Å². The molecule has 2 aromatic carbocycles. The average molecular weight is 310 g/mol. The number of urea groups is 1. The average Bonchev–Trinajstić information content (AvgIpc) is 2.61. The van der Waals surface area contributed by atoms with Crippen molar-refractivity contribution < 1.29 is 9.53 Å². The molecule has 1 aliphatic rings. The third kappa shape index (κ3) is 3.65. The van der Waals surface area contributed by atoms with Crippen molar-refractivity contribution in [2.45, 2.75) is 25.9 Å². The van der Waals surface area contributed by atoms with Gasteiger partial charge < -0.3 is 10.1 Å². The van der Waals surface area contributed by atoms with Gasteiger partial charge in [0.15, 0.2) is 0 Å². The molecule has 3 rings (SSSR count). The quantitative estimate of drug-likeness (QED) is 0.937. The number of nitrogens with one attached hydrogen (secondary N) is 1. The molecule has 0 saturated carbocycles. The molecule has 2 aromatic rings. The second-order valence-electron chi connectivity index (χ2n) is 5.69. The number of para-hydroxylation sites is 2. The fraction of sp³-hybridized carbons (Fsp3) is 0.316. The second kappa shape index (κ2) is 7.18. The summed E-state index contributed by atoms with van der Waals surface area (Å²) in [5.74, 6) is 0.781. The van der Waals surface area contributed by atoms with Crippen LogP contribution in [0.25, 0.3) is 0 Å². The van der Waals surface area contributed by atoms with Gasteiger partial charge in [0, 0.05) is 6.54 Å². The van der Waals surface area contributed by atoms with E-state index in [4.69, 9.17) is 4.74 Å². The molecule has 0 fully saturated rings. The lowest BCUT2D eigenvalue weighted by molar-refractivity contribution is 0.186. The van der Waals surface area contributed by atoms with Crippen molar-refractivity contribution in [2.24, 2.45) is 0 Å². The van der Waals surface area contributed by atoms with Crippen molar-refractivity contribution in [3.8, 4) is 5.75 Å². The summed E-state index contributed by atoms with van der Waals surface area (Å²) < 4.78 is 5.91. The van der Waals surface area contributed by atoms with E-state index in [2.05, 4.69) is 24.4 Å². The predicted octanol–water partition coefficient (Wildman–Crippen LogP) is 3.62. The van der Waals surface area contributed by atoms with Gasteiger partial charge in [-0.1, -0.05) is 49.4 Å². The highest BCUT2D eigenvalue weighted by molar-refractivity contribution is 5.94. The molecule has 0 aliphatic carbocycles. The number of anilines is 1. The van der Waals surface area contributed by atoms with E-state index in [-0.39, 0.29) is 12.1 Å². The number of fused-ring (bicyclic) bond motifs is 1. The topological polar surface area (TPSA) is 41.6 Å². The molecule has 1 heterocycles. The monoisotopic (exact) mass is 310 g/mol. The molecule has 0 bridgehead atoms. The number of benzene rings is 2. The van der Waals surface area contributed by atoms with Gasteiger partial charge in [-0.25, -0.2) is 4.79 Å². The van der Waals surface area contributed by atoms with Crippen LogP contribution in [0.1, 0.15) is 18.9 Å². The first-order chi connectivity index (χ1) is 11.3. The van der Waals surface area contributed by atoms with Crippen LogP contribution >= 0.6 is 0 Å². The minimum Gasteiger partial charge on any atom is -0.486 e. The molecule has 1 N–H and O–H groups in total. The molecule has 0 spiro atoms. The Balaban J connectivity index is 1.64. The maximum Gasteiger partial charge on any atom is 0.322 e. The number of amides is 2. The lowest BCUT2D eigenvalue weighted by Crippen LogP contribution is -2.48. The number of hydrogen-bond acceptors (Lipinski definition) is 2. The van der Waals surface area contributed by atoms with Crippen LogP contribution in [-0.4, -0.2) is 25.2 Å². The Labute approximate surface area is 137 Å². The summed E-state index contributed by atoms with van der Waals surface area (Å²) in [5, 5.41) is 3.02. The number of nitrogens with zero attached hydrogens (tertiary/aromatic N) is 1. The van der Waals surface area contributed by atoms with Gasteiger partial charge in [-0.3, -0.25) is 4.90 Å². The van der Waals surface area contributed by atoms with E-state index in [1.54, 1.807) is 4.90 Å². The molecule has 1 aliphatic heterocycles. The van der Waals surface area contributed by atoms with Crippen LogP contribution in [0.2, 0.25) is 0 Å². The van der Waals surface area contributed by atoms with E-state index in [1.807, 2.05) is 42.5 Å². The van der Waals surface area contributed by atoms with Gasteiger partial charge >= 0.3 is 6.03 Å². The molecule has 0 unspecified atom stereocenters. The van der Waals surface area contributed by atoms with Crippen molar-refractivity contribution in [3.63, 3.8) is 0 Å². The van der Waals surface area contributed by atoms with Gasteiger partial charge in [0.25, 0.3) is 0 Å². The molecule has 0 aromatic heterocycles. The smallest absolute Gasteiger partial charge is 0.322 e. The number of rotatable bonds is 4. The molecule has 120 valence electrons. The van der Waals surface area contributed by atoms with Crippen LogP contribution in [0.5, 0.6) is 5.75 Å². The summed E-state index contributed by atoms with van der Waals surface area (Å²) in [6.45, 7) is 3.29. The molecule has 4 nitrogen and oxygen atoms in total. The summed E-state index contributed by atoms with van der Waals surface area (Å²) in [6.07, 6.45) is 1.75. The molecule has 0 saturated heterocycles. The third-order valence-corrected chi connectivity index (χ3v) is 4.07. The standard InChI is InChI=1S/C19H22N2O2/c1-2-16-14-21(17-10-6-7-11-18(17)23-16)19(22)20-13-12-15-8-4-3-5-9-15/h3-11,16H,2,12-14H2,1H3,(H,20,22)/t16-/m1/s1. The van der Waals surface area contributed by atoms with Crippen LogP contribution in [-0.2, 0) is 6.42 Å². The highest BCUT2D eigenvalue weighted by atomic mass is 16.5. The van der Waals surface area contributed by atoms with Crippen LogP contribution in [0, 0.1) is 0 Å². The zero-order valence-electron chi connectivity index (χ0n) is 13.4. The summed E-state index contributed by atoms with van der Waals surface area (Å²) >= 11 is 0. The lowest BCUT2D eigenvalue weighted by atomic mass is 10.1. The molecule has 0 radical (unpaired) electrons. The Morgan fingerprint density at radius 3 is 2.70 bits per heavy atom. The van der Waals surface area contributed by atoms with Gasteiger partial charge in [-0.15, -0.1) is 0 Å². The Morgan fingerprint density at radius 2 is 1.91 bits per heavy atom. The molecule has 1 atom stereocenters. The van der Waals surface area contributed by atoms with Gasteiger partial charge in [0.1, 0.15) is 11.9 Å². The molecular formula is C19H22N2O2. The Bertz CT molecular complexity index is 657. The van der Waals surface area contributed by atoms with Crippen LogP contribution < -0.4 is 15.0 Å². The number of carbonyl (C=O) groups is 1. The molecule has 4 heteroatoms. The maximum absolute atomic E-state index is 12.6. The number of hydrogen-bond donors (Lipinski definition) is 1. The highest BCUT2D eigenvalue weighted by Gasteiger charge is 2.28. The van der Waals surface area contributed by atoms with E-state index < -0.39 is 0 Å². The summed E-state index contributed by atoms with van der Waals surface area (Å²) in [5.41, 5.74) is 2.07. The normalized spacial score (nSPS) is 16.4. The summed E-state index contributed by atoms with van der Waals surface area (Å²) in [6, 6.07) is 17.8. The SMILES string of the molecule is CC[C@@H]1CN(C(=O)NCCc2ccccc2)c2ccccc2O1. The summed E-state index contributed by atoms with van der Waals surface area (Å²) in [7, 11) is 0. The van der Waals surface area contributed by atoms with Crippen molar-refractivity contribution in [2.75, 3.05) is 18.0 Å². The first-order valence-corrected chi connectivity index (χ1v) is 8.13.